The molecule has 1 aliphatic heterocycles. The highest BCUT2D eigenvalue weighted by Crippen LogP contribution is 2.21. The maximum atomic E-state index is 12.1. The topological polar surface area (TPSA) is 58.6 Å². The van der Waals surface area contributed by atoms with Crippen molar-refractivity contribution in [3.8, 4) is 0 Å². The molecule has 114 valence electrons. The lowest BCUT2D eigenvalue weighted by Gasteiger charge is -2.21. The molecule has 2 amide bonds. The van der Waals surface area contributed by atoms with Gasteiger partial charge in [0.25, 0.3) is 0 Å². The first-order chi connectivity index (χ1) is 9.85. The fourth-order valence-electron chi connectivity index (χ4n) is 2.07. The Morgan fingerprint density at radius 3 is 2.71 bits per heavy atom. The molecule has 0 bridgehead atoms. The van der Waals surface area contributed by atoms with Crippen LogP contribution in [-0.4, -0.2) is 30.1 Å². The molecule has 1 aliphatic rings. The first kappa shape index (κ1) is 15.4. The van der Waals surface area contributed by atoms with Crippen LogP contribution in [-0.2, 0) is 16.1 Å². The Hall–Kier alpha value is -2.04. The van der Waals surface area contributed by atoms with E-state index in [4.69, 9.17) is 4.74 Å². The lowest BCUT2D eigenvalue weighted by atomic mass is 9.93. The fourth-order valence-corrected chi connectivity index (χ4v) is 2.07. The molecule has 0 atom stereocenters. The Morgan fingerprint density at radius 1 is 1.29 bits per heavy atom. The van der Waals surface area contributed by atoms with Crippen LogP contribution in [0.4, 0.5) is 10.5 Å². The first-order valence-corrected chi connectivity index (χ1v) is 7.15. The van der Waals surface area contributed by atoms with E-state index in [0.29, 0.717) is 13.2 Å². The van der Waals surface area contributed by atoms with Gasteiger partial charge in [-0.15, -0.1) is 0 Å². The number of rotatable bonds is 2. The average Bonchev–Trinajstić information content (AvgIpc) is 2.55. The number of para-hydroxylation sites is 1. The maximum absolute atomic E-state index is 12.1. The van der Waals surface area contributed by atoms with Crippen molar-refractivity contribution < 1.29 is 14.3 Å². The lowest BCUT2D eigenvalue weighted by Crippen LogP contribution is -2.36. The van der Waals surface area contributed by atoms with Gasteiger partial charge in [-0.25, -0.2) is 4.79 Å². The van der Waals surface area contributed by atoms with Gasteiger partial charge in [0.2, 0.25) is 5.91 Å². The number of hydrogen-bond donors (Lipinski definition) is 1. The second-order valence-electron chi connectivity index (χ2n) is 6.49. The molecule has 5 heteroatoms. The van der Waals surface area contributed by atoms with E-state index in [2.05, 4.69) is 26.1 Å². The van der Waals surface area contributed by atoms with Gasteiger partial charge in [-0.05, 0) is 23.5 Å². The summed E-state index contributed by atoms with van der Waals surface area (Å²) in [6, 6.07) is 7.48. The SMILES string of the molecule is CC(C)(C)CCOC(=O)N1CC(=O)Nc2ccccc2C1. The summed E-state index contributed by atoms with van der Waals surface area (Å²) in [5.41, 5.74) is 1.78. The summed E-state index contributed by atoms with van der Waals surface area (Å²) in [4.78, 5) is 25.4. The van der Waals surface area contributed by atoms with E-state index in [-0.39, 0.29) is 17.9 Å². The predicted molar refractivity (Wildman–Crippen MR) is 80.9 cm³/mol. The summed E-state index contributed by atoms with van der Waals surface area (Å²) < 4.78 is 5.28. The van der Waals surface area contributed by atoms with Crippen molar-refractivity contribution >= 4 is 17.7 Å². The summed E-state index contributed by atoms with van der Waals surface area (Å²) in [5.74, 6) is -0.201. The number of nitrogens with one attached hydrogen (secondary N) is 1. The summed E-state index contributed by atoms with van der Waals surface area (Å²) in [6.45, 7) is 7.04. The second-order valence-corrected chi connectivity index (χ2v) is 6.49. The number of benzene rings is 1. The monoisotopic (exact) mass is 290 g/mol. The number of amides is 2. The molecule has 0 spiro atoms. The molecule has 0 saturated heterocycles. The third-order valence-electron chi connectivity index (χ3n) is 3.32. The van der Waals surface area contributed by atoms with E-state index in [0.717, 1.165) is 17.7 Å². The van der Waals surface area contributed by atoms with Gasteiger partial charge >= 0.3 is 6.09 Å². The minimum atomic E-state index is -0.439. The number of fused-ring (bicyclic) bond motifs is 1. The molecular formula is C16H22N2O3. The van der Waals surface area contributed by atoms with Crippen molar-refractivity contribution in [2.45, 2.75) is 33.7 Å². The van der Waals surface area contributed by atoms with Gasteiger partial charge in [-0.2, -0.15) is 0 Å². The van der Waals surface area contributed by atoms with Gasteiger partial charge < -0.3 is 10.1 Å². The molecule has 5 nitrogen and oxygen atoms in total. The minimum absolute atomic E-state index is 0.0169. The van der Waals surface area contributed by atoms with Gasteiger partial charge in [0.15, 0.2) is 0 Å². The van der Waals surface area contributed by atoms with E-state index in [1.165, 1.54) is 4.90 Å². The van der Waals surface area contributed by atoms with Crippen LogP contribution in [0.1, 0.15) is 32.8 Å². The fraction of sp³-hybridized carbons (Fsp3) is 0.500. The Morgan fingerprint density at radius 2 is 2.00 bits per heavy atom. The predicted octanol–water partition coefficient (Wildman–Crippen LogP) is 3.01. The van der Waals surface area contributed by atoms with Gasteiger partial charge in [-0.1, -0.05) is 39.0 Å². The van der Waals surface area contributed by atoms with Gasteiger partial charge in [0, 0.05) is 5.69 Å². The van der Waals surface area contributed by atoms with Crippen molar-refractivity contribution in [3.63, 3.8) is 0 Å². The zero-order valence-electron chi connectivity index (χ0n) is 12.8. The van der Waals surface area contributed by atoms with Crippen LogP contribution in [0.5, 0.6) is 0 Å². The molecule has 0 aromatic heterocycles. The van der Waals surface area contributed by atoms with Crippen molar-refractivity contribution in [1.82, 2.24) is 4.90 Å². The zero-order valence-corrected chi connectivity index (χ0v) is 12.8. The zero-order chi connectivity index (χ0) is 15.5. The van der Waals surface area contributed by atoms with E-state index in [9.17, 15) is 9.59 Å². The van der Waals surface area contributed by atoms with Crippen LogP contribution in [0.25, 0.3) is 0 Å². The summed E-state index contributed by atoms with van der Waals surface area (Å²) in [7, 11) is 0. The Kier molecular flexibility index (Phi) is 4.50. The standard InChI is InChI=1S/C16H22N2O3/c1-16(2,3)8-9-21-15(20)18-10-12-6-4-5-7-13(12)17-14(19)11-18/h4-7H,8-11H2,1-3H3,(H,17,19). The number of carbonyl (C=O) groups excluding carboxylic acids is 2. The highest BCUT2D eigenvalue weighted by Gasteiger charge is 2.24. The first-order valence-electron chi connectivity index (χ1n) is 7.15. The van der Waals surface area contributed by atoms with Crippen LogP contribution in [0.3, 0.4) is 0 Å². The molecule has 1 aromatic rings. The molecule has 1 N–H and O–H groups in total. The van der Waals surface area contributed by atoms with Crippen molar-refractivity contribution in [1.29, 1.82) is 0 Å². The molecule has 21 heavy (non-hydrogen) atoms. The lowest BCUT2D eigenvalue weighted by molar-refractivity contribution is -0.117. The van der Waals surface area contributed by atoms with Crippen LogP contribution in [0.2, 0.25) is 0 Å². The molecular weight excluding hydrogens is 268 g/mol. The van der Waals surface area contributed by atoms with E-state index >= 15 is 0 Å². The highest BCUT2D eigenvalue weighted by atomic mass is 16.6. The number of ether oxygens (including phenoxy) is 1. The Balaban J connectivity index is 2.00. The van der Waals surface area contributed by atoms with E-state index in [1.807, 2.05) is 24.3 Å². The van der Waals surface area contributed by atoms with Crippen LogP contribution in [0.15, 0.2) is 24.3 Å². The molecule has 1 aromatic carbocycles. The molecule has 2 rings (SSSR count). The summed E-state index contributed by atoms with van der Waals surface area (Å²) in [5, 5.41) is 2.80. The van der Waals surface area contributed by atoms with Crippen LogP contribution < -0.4 is 5.32 Å². The molecule has 0 radical (unpaired) electrons. The molecule has 0 unspecified atom stereocenters. The number of anilines is 1. The third kappa shape index (κ3) is 4.48. The van der Waals surface area contributed by atoms with Crippen LogP contribution >= 0.6 is 0 Å². The summed E-state index contributed by atoms with van der Waals surface area (Å²) in [6.07, 6.45) is 0.348. The van der Waals surface area contributed by atoms with Crippen molar-refractivity contribution in [3.05, 3.63) is 29.8 Å². The second kappa shape index (κ2) is 6.16. The summed E-state index contributed by atoms with van der Waals surface area (Å²) >= 11 is 0. The third-order valence-corrected chi connectivity index (χ3v) is 3.32. The number of carbonyl (C=O) groups is 2. The Bertz CT molecular complexity index is 535. The molecule has 0 aliphatic carbocycles. The van der Waals surface area contributed by atoms with Gasteiger partial charge in [0.05, 0.1) is 13.2 Å². The van der Waals surface area contributed by atoms with Crippen molar-refractivity contribution in [2.75, 3.05) is 18.5 Å². The maximum Gasteiger partial charge on any atom is 0.410 e. The van der Waals surface area contributed by atoms with Gasteiger partial charge in [-0.3, -0.25) is 9.69 Å². The van der Waals surface area contributed by atoms with Gasteiger partial charge in [0.1, 0.15) is 6.54 Å². The quantitative estimate of drug-likeness (QED) is 0.911. The highest BCUT2D eigenvalue weighted by molar-refractivity contribution is 5.95. The minimum Gasteiger partial charge on any atom is -0.449 e. The molecule has 0 saturated carbocycles. The molecule has 0 fully saturated rings. The Labute approximate surface area is 125 Å². The molecule has 1 heterocycles. The van der Waals surface area contributed by atoms with E-state index < -0.39 is 6.09 Å². The van der Waals surface area contributed by atoms with Crippen molar-refractivity contribution in [2.24, 2.45) is 5.41 Å². The number of nitrogens with zero attached hydrogens (tertiary/aromatic N) is 1. The van der Waals surface area contributed by atoms with E-state index in [1.54, 1.807) is 0 Å². The largest absolute Gasteiger partial charge is 0.449 e. The smallest absolute Gasteiger partial charge is 0.410 e. The number of hydrogen-bond acceptors (Lipinski definition) is 3. The average molecular weight is 290 g/mol. The normalized spacial score (nSPS) is 15.0. The van der Waals surface area contributed by atoms with Crippen LogP contribution in [0, 0.1) is 5.41 Å².